The summed E-state index contributed by atoms with van der Waals surface area (Å²) >= 11 is 0. The van der Waals surface area contributed by atoms with E-state index in [2.05, 4.69) is 36.9 Å². The smallest absolute Gasteiger partial charge is 0.266 e. The highest BCUT2D eigenvalue weighted by Gasteiger charge is 2.30. The average molecular weight is 392 g/mol. The Balaban J connectivity index is 1.45. The minimum atomic E-state index is -0.0924. The van der Waals surface area contributed by atoms with E-state index in [1.807, 2.05) is 6.20 Å². The Morgan fingerprint density at radius 1 is 1.21 bits per heavy atom. The lowest BCUT2D eigenvalue weighted by Crippen LogP contribution is -2.39. The van der Waals surface area contributed by atoms with Gasteiger partial charge in [-0.15, -0.1) is 0 Å². The lowest BCUT2D eigenvalue weighted by Gasteiger charge is -2.31. The summed E-state index contributed by atoms with van der Waals surface area (Å²) in [5.74, 6) is 1.70. The van der Waals surface area contributed by atoms with Crippen LogP contribution in [-0.4, -0.2) is 60.4 Å². The van der Waals surface area contributed by atoms with E-state index in [1.165, 1.54) is 5.56 Å². The molecule has 9 heteroatoms. The summed E-state index contributed by atoms with van der Waals surface area (Å²) in [5, 5.41) is 4.57. The van der Waals surface area contributed by atoms with Crippen LogP contribution in [0.25, 0.3) is 5.82 Å². The highest BCUT2D eigenvalue weighted by Crippen LogP contribution is 2.31. The van der Waals surface area contributed by atoms with Crippen LogP contribution in [0.5, 0.6) is 0 Å². The van der Waals surface area contributed by atoms with Gasteiger partial charge in [-0.25, -0.2) is 19.6 Å². The molecule has 0 saturated carbocycles. The second-order valence-electron chi connectivity index (χ2n) is 7.78. The largest absolute Gasteiger partial charge is 0.351 e. The quantitative estimate of drug-likeness (QED) is 0.651. The van der Waals surface area contributed by atoms with Crippen molar-refractivity contribution in [3.05, 3.63) is 58.8 Å². The number of hydrogen-bond acceptors (Lipinski definition) is 7. The van der Waals surface area contributed by atoms with Gasteiger partial charge in [0.25, 0.3) is 5.56 Å². The predicted octanol–water partition coefficient (Wildman–Crippen LogP) is 0.876. The Bertz CT molecular complexity index is 1060. The van der Waals surface area contributed by atoms with E-state index in [0.717, 1.165) is 50.4 Å². The van der Waals surface area contributed by atoms with E-state index in [4.69, 9.17) is 0 Å². The van der Waals surface area contributed by atoms with Crippen molar-refractivity contribution in [2.45, 2.75) is 38.4 Å². The SMILES string of the molecule is CN1CCc2ncnc(N3CCCC3Cn3nc(-n4ccnc4)ccc3=O)c2C1. The molecular weight excluding hydrogens is 368 g/mol. The van der Waals surface area contributed by atoms with Crippen molar-refractivity contribution in [3.8, 4) is 5.82 Å². The summed E-state index contributed by atoms with van der Waals surface area (Å²) in [4.78, 5) is 30.3. The number of likely N-dealkylation sites (N-methyl/N-ethyl adjacent to an activating group) is 1. The van der Waals surface area contributed by atoms with E-state index in [9.17, 15) is 4.79 Å². The predicted molar refractivity (Wildman–Crippen MR) is 108 cm³/mol. The molecule has 2 aliphatic rings. The van der Waals surface area contributed by atoms with Gasteiger partial charge < -0.3 is 9.80 Å². The number of hydrogen-bond donors (Lipinski definition) is 0. The molecule has 3 aromatic rings. The molecule has 0 amide bonds. The van der Waals surface area contributed by atoms with Crippen molar-refractivity contribution in [2.75, 3.05) is 25.0 Å². The summed E-state index contributed by atoms with van der Waals surface area (Å²) in [7, 11) is 2.13. The third-order valence-corrected chi connectivity index (χ3v) is 5.82. The van der Waals surface area contributed by atoms with Crippen LogP contribution in [0.4, 0.5) is 5.82 Å². The number of anilines is 1. The first-order valence-corrected chi connectivity index (χ1v) is 10.0. The molecule has 2 aliphatic heterocycles. The van der Waals surface area contributed by atoms with Crippen molar-refractivity contribution in [1.29, 1.82) is 0 Å². The molecular formula is C20H24N8O. The summed E-state index contributed by atoms with van der Waals surface area (Å²) < 4.78 is 3.37. The van der Waals surface area contributed by atoms with Crippen molar-refractivity contribution >= 4 is 5.82 Å². The Labute approximate surface area is 168 Å². The highest BCUT2D eigenvalue weighted by atomic mass is 16.1. The third kappa shape index (κ3) is 3.42. The molecule has 0 aromatic carbocycles. The van der Waals surface area contributed by atoms with Gasteiger partial charge in [0, 0.05) is 50.1 Å². The average Bonchev–Trinajstić information content (AvgIpc) is 3.41. The molecule has 9 nitrogen and oxygen atoms in total. The minimum Gasteiger partial charge on any atom is -0.351 e. The van der Waals surface area contributed by atoms with Crippen molar-refractivity contribution in [1.82, 2.24) is 34.2 Å². The number of rotatable bonds is 4. The minimum absolute atomic E-state index is 0.0924. The van der Waals surface area contributed by atoms with Gasteiger partial charge in [-0.3, -0.25) is 9.36 Å². The van der Waals surface area contributed by atoms with Crippen LogP contribution in [0.15, 0.2) is 42.0 Å². The molecule has 1 unspecified atom stereocenters. The summed E-state index contributed by atoms with van der Waals surface area (Å²) in [5.41, 5.74) is 2.28. The van der Waals surface area contributed by atoms with Crippen LogP contribution in [0.2, 0.25) is 0 Å². The number of aromatic nitrogens is 6. The lowest BCUT2D eigenvalue weighted by molar-refractivity contribution is 0.309. The summed E-state index contributed by atoms with van der Waals surface area (Å²) in [6.45, 7) is 3.36. The van der Waals surface area contributed by atoms with Gasteiger partial charge >= 0.3 is 0 Å². The van der Waals surface area contributed by atoms with Gasteiger partial charge in [0.05, 0.1) is 18.3 Å². The monoisotopic (exact) mass is 392 g/mol. The molecule has 5 heterocycles. The van der Waals surface area contributed by atoms with Crippen LogP contribution in [0.1, 0.15) is 24.1 Å². The first-order valence-electron chi connectivity index (χ1n) is 10.0. The molecule has 0 spiro atoms. The zero-order chi connectivity index (χ0) is 19.8. The maximum atomic E-state index is 12.5. The van der Waals surface area contributed by atoms with Gasteiger partial charge in [0.2, 0.25) is 0 Å². The van der Waals surface area contributed by atoms with Gasteiger partial charge in [0.15, 0.2) is 5.82 Å². The van der Waals surface area contributed by atoms with Crippen molar-refractivity contribution in [2.24, 2.45) is 0 Å². The Morgan fingerprint density at radius 2 is 2.14 bits per heavy atom. The number of nitrogens with zero attached hydrogens (tertiary/aromatic N) is 8. The molecule has 0 radical (unpaired) electrons. The second-order valence-corrected chi connectivity index (χ2v) is 7.78. The van der Waals surface area contributed by atoms with E-state index in [1.54, 1.807) is 40.2 Å². The summed E-state index contributed by atoms with van der Waals surface area (Å²) in [6.07, 6.45) is 9.93. The van der Waals surface area contributed by atoms with Crippen LogP contribution in [-0.2, 0) is 19.5 Å². The van der Waals surface area contributed by atoms with Gasteiger partial charge in [0.1, 0.15) is 18.5 Å². The topological polar surface area (TPSA) is 85.0 Å². The van der Waals surface area contributed by atoms with Gasteiger partial charge in [-0.2, -0.15) is 5.10 Å². The van der Waals surface area contributed by atoms with Crippen molar-refractivity contribution in [3.63, 3.8) is 0 Å². The second kappa shape index (κ2) is 7.40. The van der Waals surface area contributed by atoms with E-state index in [-0.39, 0.29) is 11.6 Å². The first kappa shape index (κ1) is 18.0. The molecule has 29 heavy (non-hydrogen) atoms. The molecule has 1 atom stereocenters. The zero-order valence-electron chi connectivity index (χ0n) is 16.5. The van der Waals surface area contributed by atoms with Gasteiger partial charge in [-0.05, 0) is 26.0 Å². The van der Waals surface area contributed by atoms with E-state index in [0.29, 0.717) is 12.4 Å². The van der Waals surface area contributed by atoms with Crippen molar-refractivity contribution < 1.29 is 0 Å². The molecule has 0 bridgehead atoms. The molecule has 150 valence electrons. The fourth-order valence-electron chi connectivity index (χ4n) is 4.31. The van der Waals surface area contributed by atoms with Crippen LogP contribution >= 0.6 is 0 Å². The number of imidazole rings is 1. The van der Waals surface area contributed by atoms with Crippen LogP contribution in [0.3, 0.4) is 0 Å². The summed E-state index contributed by atoms with van der Waals surface area (Å²) in [6, 6.07) is 3.48. The highest BCUT2D eigenvalue weighted by molar-refractivity contribution is 5.51. The van der Waals surface area contributed by atoms with E-state index < -0.39 is 0 Å². The van der Waals surface area contributed by atoms with Gasteiger partial charge in [-0.1, -0.05) is 0 Å². The molecule has 0 aliphatic carbocycles. The zero-order valence-corrected chi connectivity index (χ0v) is 16.5. The number of fused-ring (bicyclic) bond motifs is 1. The third-order valence-electron chi connectivity index (χ3n) is 5.82. The molecule has 3 aromatic heterocycles. The molecule has 1 saturated heterocycles. The van der Waals surface area contributed by atoms with E-state index >= 15 is 0 Å². The normalized spacial score (nSPS) is 19.5. The first-order chi connectivity index (χ1) is 14.2. The maximum Gasteiger partial charge on any atom is 0.266 e. The Hall–Kier alpha value is -3.07. The molecule has 5 rings (SSSR count). The van der Waals surface area contributed by atoms with Crippen LogP contribution < -0.4 is 10.5 Å². The molecule has 0 N–H and O–H groups in total. The Morgan fingerprint density at radius 3 is 3.00 bits per heavy atom. The fraction of sp³-hybridized carbons (Fsp3) is 0.450. The Kier molecular flexibility index (Phi) is 4.59. The molecule has 1 fully saturated rings. The lowest BCUT2D eigenvalue weighted by atomic mass is 10.1. The maximum absolute atomic E-state index is 12.5. The standard InChI is InChI=1S/C20H24N8O/c1-25-9-6-17-16(12-25)20(23-13-22-17)27-8-2-3-15(27)11-28-19(29)5-4-18(24-28)26-10-7-21-14-26/h4-5,7,10,13-15H,2-3,6,8-9,11-12H2,1H3. The van der Waals surface area contributed by atoms with Crippen LogP contribution in [0, 0.1) is 0 Å². The fourth-order valence-corrected chi connectivity index (χ4v) is 4.31.